The summed E-state index contributed by atoms with van der Waals surface area (Å²) < 4.78 is 0. The third kappa shape index (κ3) is 4.46. The van der Waals surface area contributed by atoms with E-state index in [9.17, 15) is 4.79 Å². The minimum Gasteiger partial charge on any atom is -0.379 e. The Hall–Kier alpha value is -2.59. The van der Waals surface area contributed by atoms with Gasteiger partial charge in [0.1, 0.15) is 0 Å². The van der Waals surface area contributed by atoms with Crippen LogP contribution < -0.4 is 10.6 Å². The lowest BCUT2D eigenvalue weighted by molar-refractivity contribution is -0.115. The van der Waals surface area contributed by atoms with Crippen LogP contribution in [0.2, 0.25) is 0 Å². The molecule has 0 saturated carbocycles. The largest absolute Gasteiger partial charge is 0.379 e. The van der Waals surface area contributed by atoms with Gasteiger partial charge in [-0.25, -0.2) is 0 Å². The summed E-state index contributed by atoms with van der Waals surface area (Å²) in [5.74, 6) is 0.0100. The van der Waals surface area contributed by atoms with Crippen LogP contribution in [0.25, 0.3) is 0 Å². The van der Waals surface area contributed by atoms with Crippen LogP contribution in [0.5, 0.6) is 0 Å². The van der Waals surface area contributed by atoms with Gasteiger partial charge in [-0.2, -0.15) is 0 Å². The molecule has 0 aliphatic rings. The Balaban J connectivity index is 1.56. The number of carbonyl (C=O) groups is 1. The van der Waals surface area contributed by atoms with Crippen molar-refractivity contribution in [2.45, 2.75) is 19.4 Å². The van der Waals surface area contributed by atoms with Crippen LogP contribution in [0.4, 0.5) is 11.4 Å². The number of benzene rings is 2. The first-order valence-corrected chi connectivity index (χ1v) is 8.82. The Morgan fingerprint density at radius 3 is 2.33 bits per heavy atom. The maximum Gasteiger partial charge on any atom is 0.229 e. The number of rotatable bonds is 6. The van der Waals surface area contributed by atoms with Gasteiger partial charge in [-0.15, -0.1) is 11.3 Å². The zero-order valence-electron chi connectivity index (χ0n) is 13.5. The maximum atomic E-state index is 12.0. The highest BCUT2D eigenvalue weighted by molar-refractivity contribution is 7.10. The van der Waals surface area contributed by atoms with Crippen LogP contribution in [-0.4, -0.2) is 5.91 Å². The van der Waals surface area contributed by atoms with Gasteiger partial charge in [-0.3, -0.25) is 4.79 Å². The van der Waals surface area contributed by atoms with E-state index < -0.39 is 0 Å². The molecule has 0 aliphatic carbocycles. The molecule has 0 radical (unpaired) electrons. The van der Waals surface area contributed by atoms with Crippen molar-refractivity contribution < 1.29 is 4.79 Å². The molecule has 3 nitrogen and oxygen atoms in total. The summed E-state index contributed by atoms with van der Waals surface area (Å²) in [6.07, 6.45) is 0.419. The Bertz CT molecular complexity index is 767. The number of hydrogen-bond acceptors (Lipinski definition) is 3. The summed E-state index contributed by atoms with van der Waals surface area (Å²) in [5.41, 5.74) is 3.09. The van der Waals surface area contributed by atoms with Crippen LogP contribution in [0.3, 0.4) is 0 Å². The van der Waals surface area contributed by atoms with Gasteiger partial charge >= 0.3 is 0 Å². The quantitative estimate of drug-likeness (QED) is 0.657. The minimum absolute atomic E-state index is 0.0100. The van der Waals surface area contributed by atoms with Crippen molar-refractivity contribution in [2.75, 3.05) is 10.6 Å². The Kier molecular flexibility index (Phi) is 5.29. The zero-order chi connectivity index (χ0) is 16.8. The van der Waals surface area contributed by atoms with E-state index in [2.05, 4.69) is 29.7 Å². The molecule has 3 rings (SSSR count). The monoisotopic (exact) mass is 336 g/mol. The average molecular weight is 336 g/mol. The van der Waals surface area contributed by atoms with Crippen molar-refractivity contribution in [2.24, 2.45) is 0 Å². The molecule has 4 heteroatoms. The molecule has 0 saturated heterocycles. The first-order chi connectivity index (χ1) is 11.7. The molecule has 122 valence electrons. The van der Waals surface area contributed by atoms with E-state index in [-0.39, 0.29) is 11.9 Å². The second-order valence-corrected chi connectivity index (χ2v) is 6.69. The molecule has 1 amide bonds. The summed E-state index contributed by atoms with van der Waals surface area (Å²) in [5, 5.41) is 8.38. The van der Waals surface area contributed by atoms with Crippen molar-refractivity contribution in [1.29, 1.82) is 0 Å². The molecular formula is C20H20N2OS. The highest BCUT2D eigenvalue weighted by Gasteiger charge is 2.06. The molecule has 0 aliphatic heterocycles. The lowest BCUT2D eigenvalue weighted by atomic mass is 10.1. The van der Waals surface area contributed by atoms with E-state index in [1.165, 1.54) is 5.56 Å². The lowest BCUT2D eigenvalue weighted by Gasteiger charge is -2.16. The van der Waals surface area contributed by atoms with Crippen LogP contribution in [0.1, 0.15) is 23.4 Å². The average Bonchev–Trinajstić information content (AvgIpc) is 3.10. The van der Waals surface area contributed by atoms with Crippen molar-refractivity contribution >= 4 is 28.6 Å². The fraction of sp³-hybridized carbons (Fsp3) is 0.150. The third-order valence-electron chi connectivity index (χ3n) is 3.77. The van der Waals surface area contributed by atoms with E-state index in [0.717, 1.165) is 16.3 Å². The first-order valence-electron chi connectivity index (χ1n) is 7.94. The van der Waals surface area contributed by atoms with Crippen molar-refractivity contribution in [3.8, 4) is 0 Å². The van der Waals surface area contributed by atoms with E-state index in [1.54, 1.807) is 11.3 Å². The molecule has 24 heavy (non-hydrogen) atoms. The topological polar surface area (TPSA) is 41.1 Å². The Morgan fingerprint density at radius 2 is 1.67 bits per heavy atom. The van der Waals surface area contributed by atoms with Gasteiger partial charge in [-0.05, 0) is 48.2 Å². The molecule has 1 atom stereocenters. The molecule has 3 aromatic rings. The van der Waals surface area contributed by atoms with Gasteiger partial charge < -0.3 is 10.6 Å². The maximum absolute atomic E-state index is 12.0. The van der Waals surface area contributed by atoms with Crippen molar-refractivity contribution in [1.82, 2.24) is 0 Å². The molecule has 1 heterocycles. The van der Waals surface area contributed by atoms with Crippen molar-refractivity contribution in [3.05, 3.63) is 82.6 Å². The smallest absolute Gasteiger partial charge is 0.229 e. The van der Waals surface area contributed by atoms with Crippen LogP contribution in [0.15, 0.2) is 72.1 Å². The third-order valence-corrected chi connectivity index (χ3v) is 4.64. The van der Waals surface area contributed by atoms with Gasteiger partial charge in [0, 0.05) is 22.3 Å². The SMILES string of the molecule is CC(Nc1ccc(NC(=O)Cc2cccs2)cc1)c1ccccc1. The van der Waals surface area contributed by atoms with Crippen LogP contribution in [0, 0.1) is 0 Å². The van der Waals surface area contributed by atoms with Gasteiger partial charge in [0.25, 0.3) is 0 Å². The normalized spacial score (nSPS) is 11.7. The first kappa shape index (κ1) is 16.3. The highest BCUT2D eigenvalue weighted by atomic mass is 32.1. The number of hydrogen-bond donors (Lipinski definition) is 2. The summed E-state index contributed by atoms with van der Waals surface area (Å²) in [6, 6.07) is 22.3. The number of nitrogens with one attached hydrogen (secondary N) is 2. The molecular weight excluding hydrogens is 316 g/mol. The van der Waals surface area contributed by atoms with Crippen molar-refractivity contribution in [3.63, 3.8) is 0 Å². The molecule has 2 aromatic carbocycles. The van der Waals surface area contributed by atoms with Gasteiger partial charge in [-0.1, -0.05) is 36.4 Å². The molecule has 0 bridgehead atoms. The van der Waals surface area contributed by atoms with Gasteiger partial charge in [0.15, 0.2) is 0 Å². The van der Waals surface area contributed by atoms with E-state index >= 15 is 0 Å². The van der Waals surface area contributed by atoms with E-state index in [1.807, 2.05) is 60.0 Å². The Labute approximate surface area is 146 Å². The standard InChI is InChI=1S/C20H20N2OS/c1-15(16-6-3-2-4-7-16)21-17-9-11-18(12-10-17)22-20(23)14-19-8-5-13-24-19/h2-13,15,21H,14H2,1H3,(H,22,23). The second-order valence-electron chi connectivity index (χ2n) is 5.66. The predicted octanol–water partition coefficient (Wildman–Crippen LogP) is 5.10. The van der Waals surface area contributed by atoms with Crippen LogP contribution >= 0.6 is 11.3 Å². The van der Waals surface area contributed by atoms with E-state index in [0.29, 0.717) is 6.42 Å². The number of carbonyl (C=O) groups excluding carboxylic acids is 1. The highest BCUT2D eigenvalue weighted by Crippen LogP contribution is 2.21. The van der Waals surface area contributed by atoms with Gasteiger partial charge in [0.05, 0.1) is 6.42 Å². The minimum atomic E-state index is 0.0100. The zero-order valence-corrected chi connectivity index (χ0v) is 14.3. The summed E-state index contributed by atoms with van der Waals surface area (Å²) in [4.78, 5) is 13.1. The Morgan fingerprint density at radius 1 is 0.958 bits per heavy atom. The number of amides is 1. The number of thiophene rings is 1. The van der Waals surface area contributed by atoms with E-state index in [4.69, 9.17) is 0 Å². The molecule has 1 aromatic heterocycles. The summed E-state index contributed by atoms with van der Waals surface area (Å²) >= 11 is 1.60. The molecule has 0 fully saturated rings. The molecule has 2 N–H and O–H groups in total. The fourth-order valence-corrected chi connectivity index (χ4v) is 3.20. The molecule has 1 unspecified atom stereocenters. The lowest BCUT2D eigenvalue weighted by Crippen LogP contribution is -2.13. The molecule has 0 spiro atoms. The predicted molar refractivity (Wildman–Crippen MR) is 102 cm³/mol. The fourth-order valence-electron chi connectivity index (χ4n) is 2.50. The number of anilines is 2. The summed E-state index contributed by atoms with van der Waals surface area (Å²) in [6.45, 7) is 2.13. The summed E-state index contributed by atoms with van der Waals surface area (Å²) in [7, 11) is 0. The van der Waals surface area contributed by atoms with Crippen LogP contribution in [-0.2, 0) is 11.2 Å². The second kappa shape index (κ2) is 7.79. The van der Waals surface area contributed by atoms with Gasteiger partial charge in [0.2, 0.25) is 5.91 Å².